The van der Waals surface area contributed by atoms with E-state index in [0.717, 1.165) is 76.3 Å². The lowest BCUT2D eigenvalue weighted by Crippen LogP contribution is -2.52. The molecule has 4 fully saturated rings. The molecule has 8 heterocycles. The summed E-state index contributed by atoms with van der Waals surface area (Å²) in [4.78, 5) is 35.0. The van der Waals surface area contributed by atoms with Crippen LogP contribution >= 0.6 is 0 Å². The first-order valence-electron chi connectivity index (χ1n) is 18.1. The van der Waals surface area contributed by atoms with Gasteiger partial charge in [-0.05, 0) is 49.7 Å². The molecule has 0 aliphatic carbocycles. The van der Waals surface area contributed by atoms with Gasteiger partial charge in [0, 0.05) is 88.3 Å². The van der Waals surface area contributed by atoms with Crippen LogP contribution in [0.1, 0.15) is 48.5 Å². The summed E-state index contributed by atoms with van der Waals surface area (Å²) in [6.45, 7) is 5.14. The lowest BCUT2D eigenvalue weighted by molar-refractivity contribution is 0.202. The highest BCUT2D eigenvalue weighted by atomic mass is 16.5. The number of hydrogen-bond donors (Lipinski definition) is 0. The summed E-state index contributed by atoms with van der Waals surface area (Å²) < 4.78 is 10.3. The summed E-state index contributed by atoms with van der Waals surface area (Å²) in [6.07, 6.45) is 10.7. The maximum atomic E-state index is 9.27. The second-order valence-corrected chi connectivity index (χ2v) is 13.2. The fraction of sp³-hybridized carbons (Fsp3) is 0.400. The van der Waals surface area contributed by atoms with Crippen molar-refractivity contribution in [2.45, 2.75) is 49.9 Å². The van der Waals surface area contributed by atoms with E-state index in [-0.39, 0.29) is 12.1 Å². The Balaban J connectivity index is 0.000000167. The van der Waals surface area contributed by atoms with Crippen molar-refractivity contribution in [2.75, 3.05) is 63.3 Å². The van der Waals surface area contributed by atoms with Gasteiger partial charge in [-0.3, -0.25) is 9.80 Å². The van der Waals surface area contributed by atoms with Crippen LogP contribution in [-0.2, 0) is 0 Å². The molecule has 4 saturated heterocycles. The van der Waals surface area contributed by atoms with Gasteiger partial charge < -0.3 is 19.3 Å². The Labute approximate surface area is 315 Å². The van der Waals surface area contributed by atoms with Crippen molar-refractivity contribution in [3.05, 3.63) is 84.0 Å². The van der Waals surface area contributed by atoms with Crippen LogP contribution < -0.4 is 19.3 Å². The monoisotopic (exact) mass is 720 g/mol. The molecule has 8 rings (SSSR count). The van der Waals surface area contributed by atoms with E-state index < -0.39 is 0 Å². The number of piperazine rings is 2. The molecule has 0 radical (unpaired) electrons. The zero-order valence-electron chi connectivity index (χ0n) is 30.3. The number of rotatable bonds is 4. The van der Waals surface area contributed by atoms with Gasteiger partial charge in [-0.1, -0.05) is 24.0 Å². The predicted octanol–water partition coefficient (Wildman–Crippen LogP) is 2.91. The van der Waals surface area contributed by atoms with E-state index in [4.69, 9.17) is 9.47 Å². The Morgan fingerprint density at radius 2 is 1.04 bits per heavy atom. The molecule has 0 amide bonds. The lowest BCUT2D eigenvalue weighted by Gasteiger charge is -2.39. The fourth-order valence-electron chi connectivity index (χ4n) is 7.59. The average molecular weight is 721 g/mol. The van der Waals surface area contributed by atoms with Gasteiger partial charge in [0.2, 0.25) is 11.8 Å². The van der Waals surface area contributed by atoms with E-state index in [0.29, 0.717) is 46.9 Å². The smallest absolute Gasteiger partial charge is 0.214 e. The Hall–Kier alpha value is -6.32. The van der Waals surface area contributed by atoms with Gasteiger partial charge in [0.25, 0.3) is 0 Å². The Bertz CT molecular complexity index is 2010. The second-order valence-electron chi connectivity index (χ2n) is 13.2. The average Bonchev–Trinajstić information content (AvgIpc) is 3.85. The molecule has 4 aromatic heterocycles. The number of fused-ring (bicyclic) bond motifs is 2. The summed E-state index contributed by atoms with van der Waals surface area (Å²) in [5.74, 6) is 15.7. The maximum absolute atomic E-state index is 9.27. The minimum absolute atomic E-state index is 0.238. The Kier molecular flexibility index (Phi) is 11.4. The molecule has 0 N–H and O–H groups in total. The minimum Gasteiger partial charge on any atom is -0.481 e. The van der Waals surface area contributed by atoms with Gasteiger partial charge in [-0.15, -0.1) is 0 Å². The molecular formula is C40H40N12O2. The quantitative estimate of drug-likeness (QED) is 0.284. The zero-order valence-corrected chi connectivity index (χ0v) is 30.3. The third kappa shape index (κ3) is 8.17. The van der Waals surface area contributed by atoms with Gasteiger partial charge in [0.05, 0.1) is 26.3 Å². The van der Waals surface area contributed by atoms with E-state index >= 15 is 0 Å². The number of methoxy groups -OCH3 is 2. The molecular weight excluding hydrogens is 681 g/mol. The molecule has 0 bridgehead atoms. The van der Waals surface area contributed by atoms with Crippen LogP contribution in [0.4, 0.5) is 11.6 Å². The van der Waals surface area contributed by atoms with Crippen molar-refractivity contribution < 1.29 is 9.47 Å². The molecule has 14 heteroatoms. The third-order valence-electron chi connectivity index (χ3n) is 10.2. The van der Waals surface area contributed by atoms with Crippen LogP contribution in [0.2, 0.25) is 0 Å². The molecule has 0 aromatic carbocycles. The second kappa shape index (κ2) is 17.0. The molecule has 0 unspecified atom stereocenters. The van der Waals surface area contributed by atoms with Gasteiger partial charge in [-0.25, -0.2) is 29.9 Å². The summed E-state index contributed by atoms with van der Waals surface area (Å²) in [6, 6.07) is 16.8. The lowest BCUT2D eigenvalue weighted by atomic mass is 10.1. The minimum atomic E-state index is 0.238. The Morgan fingerprint density at radius 1 is 0.593 bits per heavy atom. The van der Waals surface area contributed by atoms with Gasteiger partial charge in [0.1, 0.15) is 23.5 Å². The third-order valence-corrected chi connectivity index (χ3v) is 10.2. The van der Waals surface area contributed by atoms with Gasteiger partial charge in [0.15, 0.2) is 23.0 Å². The first-order chi connectivity index (χ1) is 26.6. The highest BCUT2D eigenvalue weighted by Crippen LogP contribution is 2.31. The van der Waals surface area contributed by atoms with Crippen molar-refractivity contribution in [2.24, 2.45) is 0 Å². The topological polar surface area (TPSA) is 156 Å². The molecule has 0 saturated carbocycles. The first kappa shape index (κ1) is 36.1. The largest absolute Gasteiger partial charge is 0.481 e. The number of anilines is 2. The molecule has 4 aliphatic rings. The van der Waals surface area contributed by atoms with Crippen molar-refractivity contribution >= 4 is 11.6 Å². The highest BCUT2D eigenvalue weighted by molar-refractivity contribution is 5.51. The van der Waals surface area contributed by atoms with Crippen LogP contribution in [0.5, 0.6) is 11.8 Å². The van der Waals surface area contributed by atoms with E-state index in [1.165, 1.54) is 0 Å². The maximum Gasteiger partial charge on any atom is 0.214 e. The molecule has 4 atom stereocenters. The number of pyridine rings is 2. The van der Waals surface area contributed by atoms with Gasteiger partial charge >= 0.3 is 0 Å². The highest BCUT2D eigenvalue weighted by Gasteiger charge is 2.38. The number of nitriles is 2. The number of nitrogens with zero attached hydrogens (tertiary/aromatic N) is 12. The normalized spacial score (nSPS) is 21.7. The molecule has 0 spiro atoms. The summed E-state index contributed by atoms with van der Waals surface area (Å²) in [5.41, 5.74) is 2.25. The fourth-order valence-corrected chi connectivity index (χ4v) is 7.59. The molecule has 4 aromatic rings. The van der Waals surface area contributed by atoms with Crippen LogP contribution in [0.15, 0.2) is 61.2 Å². The van der Waals surface area contributed by atoms with Crippen molar-refractivity contribution in [3.63, 3.8) is 0 Å². The van der Waals surface area contributed by atoms with E-state index in [1.807, 2.05) is 36.4 Å². The Morgan fingerprint density at radius 3 is 1.46 bits per heavy atom. The van der Waals surface area contributed by atoms with Crippen LogP contribution in [0, 0.1) is 46.3 Å². The van der Waals surface area contributed by atoms with Crippen LogP contribution in [-0.4, -0.2) is 117 Å². The van der Waals surface area contributed by atoms with E-state index in [2.05, 4.69) is 85.3 Å². The number of hydrogen-bond acceptors (Lipinski definition) is 14. The molecule has 14 nitrogen and oxygen atoms in total. The predicted molar refractivity (Wildman–Crippen MR) is 200 cm³/mol. The van der Waals surface area contributed by atoms with Crippen LogP contribution in [0.25, 0.3) is 0 Å². The first-order valence-corrected chi connectivity index (χ1v) is 18.1. The van der Waals surface area contributed by atoms with Gasteiger partial charge in [-0.2, -0.15) is 10.5 Å². The van der Waals surface area contributed by atoms with Crippen molar-refractivity contribution in [3.8, 4) is 47.6 Å². The van der Waals surface area contributed by atoms with Crippen LogP contribution in [0.3, 0.4) is 0 Å². The molecule has 272 valence electrons. The molecule has 54 heavy (non-hydrogen) atoms. The standard InChI is InChI=1S/2C20H20N6O/c2*1-27-19-4-2-3-15(24-19)5-6-16-7-8-17-14-25(11-12-26(16)17)20-18(13-21)22-9-10-23-20/h2*2-4,9-10,16-17H,7-8,11-12,14H2,1H3/t2*16-,17-/m10/s1. The summed E-state index contributed by atoms with van der Waals surface area (Å²) >= 11 is 0. The van der Waals surface area contributed by atoms with E-state index in [9.17, 15) is 10.5 Å². The zero-order chi connectivity index (χ0) is 37.3. The van der Waals surface area contributed by atoms with E-state index in [1.54, 1.807) is 39.0 Å². The number of aromatic nitrogens is 6. The summed E-state index contributed by atoms with van der Waals surface area (Å²) in [7, 11) is 3.21. The van der Waals surface area contributed by atoms with Crippen molar-refractivity contribution in [1.82, 2.24) is 39.7 Å². The molecule has 4 aliphatic heterocycles. The summed E-state index contributed by atoms with van der Waals surface area (Å²) in [5, 5.41) is 18.5. The number of ether oxygens (including phenoxy) is 2. The SMILES string of the molecule is COc1cccc(C#C[C@@H]2CC[C@@H]3CN(c4nccnc4C#N)CCN32)n1.COc1cccc(C#C[C@H]2CC[C@H]3CN(c4nccnc4C#N)CCN32)n1. The van der Waals surface area contributed by atoms with Crippen molar-refractivity contribution in [1.29, 1.82) is 10.5 Å².